The average Bonchev–Trinajstić information content (AvgIpc) is 3.54. The van der Waals surface area contributed by atoms with Crippen molar-refractivity contribution in [3.8, 4) is 6.01 Å². The number of methoxy groups -OCH3 is 1. The molecule has 3 aromatic rings. The third-order valence-corrected chi connectivity index (χ3v) is 6.10. The van der Waals surface area contributed by atoms with E-state index in [1.54, 1.807) is 7.11 Å². The van der Waals surface area contributed by atoms with Crippen LogP contribution in [0.4, 0.5) is 0 Å². The molecule has 0 aromatic carbocycles. The number of aliphatic hydroxyl groups excluding tert-OH is 1. The zero-order valence-corrected chi connectivity index (χ0v) is 18.5. The molecule has 4 atom stereocenters. The molecule has 2 fully saturated rings. The second-order valence-electron chi connectivity index (χ2n) is 8.07. The van der Waals surface area contributed by atoms with Crippen LogP contribution in [0.5, 0.6) is 6.01 Å². The third-order valence-electron chi connectivity index (χ3n) is 5.77. The molecule has 2 saturated heterocycles. The number of halogens is 1. The SMILES string of the molecule is COCCCn1ccc(CCc2nc3nc(O[C@@H]4CO[C@H]5[C@@H]4OC[C@H]5O)[nH]c3cc2Cl)n1. The van der Waals surface area contributed by atoms with Gasteiger partial charge in [0.05, 0.1) is 35.1 Å². The number of nitrogens with one attached hydrogen (secondary N) is 1. The van der Waals surface area contributed by atoms with Gasteiger partial charge in [0.25, 0.3) is 6.01 Å². The molecule has 0 amide bonds. The van der Waals surface area contributed by atoms with Crippen LogP contribution < -0.4 is 4.74 Å². The molecule has 2 N–H and O–H groups in total. The molecule has 32 heavy (non-hydrogen) atoms. The standard InChI is InChI=1S/C21H26ClN5O5/c1-29-8-2-6-27-7-5-12(26-27)3-4-14-13(22)9-15-20(23-14)25-21(24-15)32-17-11-31-18-16(28)10-30-19(17)18/h5,7,9,16-19,28H,2-4,6,8,10-11H2,1H3,(H,23,24,25)/t16-,17-,18-,19-/m1/s1. The molecule has 2 aliphatic rings. The van der Waals surface area contributed by atoms with Crippen molar-refractivity contribution in [1.82, 2.24) is 24.7 Å². The fourth-order valence-corrected chi connectivity index (χ4v) is 4.38. The van der Waals surface area contributed by atoms with Crippen molar-refractivity contribution < 1.29 is 24.1 Å². The summed E-state index contributed by atoms with van der Waals surface area (Å²) in [6, 6.07) is 4.15. The van der Waals surface area contributed by atoms with Crippen LogP contribution >= 0.6 is 11.6 Å². The molecular weight excluding hydrogens is 438 g/mol. The van der Waals surface area contributed by atoms with Crippen molar-refractivity contribution in [1.29, 1.82) is 0 Å². The van der Waals surface area contributed by atoms with Gasteiger partial charge in [0.15, 0.2) is 11.8 Å². The van der Waals surface area contributed by atoms with Crippen LogP contribution in [0.3, 0.4) is 0 Å². The number of hydrogen-bond donors (Lipinski definition) is 2. The molecule has 0 aliphatic carbocycles. The summed E-state index contributed by atoms with van der Waals surface area (Å²) in [5, 5.41) is 15.0. The van der Waals surface area contributed by atoms with Gasteiger partial charge >= 0.3 is 0 Å². The summed E-state index contributed by atoms with van der Waals surface area (Å²) in [6.07, 6.45) is 2.66. The van der Waals surface area contributed by atoms with Gasteiger partial charge in [0.2, 0.25) is 0 Å². The molecule has 5 rings (SSSR count). The summed E-state index contributed by atoms with van der Waals surface area (Å²) in [7, 11) is 1.70. The van der Waals surface area contributed by atoms with Crippen LogP contribution in [-0.4, -0.2) is 81.2 Å². The van der Waals surface area contributed by atoms with E-state index in [2.05, 4.69) is 20.1 Å². The van der Waals surface area contributed by atoms with E-state index < -0.39 is 6.10 Å². The van der Waals surface area contributed by atoms with Gasteiger partial charge in [0.1, 0.15) is 18.3 Å². The number of imidazole rings is 1. The fraction of sp³-hybridized carbons (Fsp3) is 0.571. The molecule has 11 heteroatoms. The number of nitrogens with zero attached hydrogens (tertiary/aromatic N) is 4. The minimum absolute atomic E-state index is 0.251. The number of aliphatic hydroxyl groups is 1. The van der Waals surface area contributed by atoms with Crippen molar-refractivity contribution in [3.05, 3.63) is 34.7 Å². The van der Waals surface area contributed by atoms with Crippen LogP contribution in [-0.2, 0) is 33.6 Å². The van der Waals surface area contributed by atoms with Crippen molar-refractivity contribution in [2.24, 2.45) is 0 Å². The maximum absolute atomic E-state index is 9.88. The van der Waals surface area contributed by atoms with E-state index in [4.69, 9.17) is 30.5 Å². The zero-order chi connectivity index (χ0) is 22.1. The highest BCUT2D eigenvalue weighted by atomic mass is 35.5. The predicted molar refractivity (Wildman–Crippen MR) is 115 cm³/mol. The van der Waals surface area contributed by atoms with Crippen LogP contribution in [0, 0.1) is 0 Å². The first-order chi connectivity index (χ1) is 15.6. The largest absolute Gasteiger partial charge is 0.456 e. The van der Waals surface area contributed by atoms with E-state index in [-0.39, 0.29) is 24.9 Å². The Labute approximate surface area is 189 Å². The smallest absolute Gasteiger partial charge is 0.296 e. The van der Waals surface area contributed by atoms with Crippen molar-refractivity contribution in [2.45, 2.75) is 50.2 Å². The van der Waals surface area contributed by atoms with E-state index in [1.165, 1.54) is 0 Å². The van der Waals surface area contributed by atoms with Gasteiger partial charge in [-0.25, -0.2) is 4.98 Å². The first-order valence-corrected chi connectivity index (χ1v) is 11.1. The number of H-pyrrole nitrogens is 1. The Morgan fingerprint density at radius 3 is 3.00 bits per heavy atom. The van der Waals surface area contributed by atoms with Crippen molar-refractivity contribution in [3.63, 3.8) is 0 Å². The highest BCUT2D eigenvalue weighted by Gasteiger charge is 2.48. The Morgan fingerprint density at radius 1 is 1.25 bits per heavy atom. The van der Waals surface area contributed by atoms with Crippen LogP contribution in [0.25, 0.3) is 11.2 Å². The molecule has 10 nitrogen and oxygen atoms in total. The minimum atomic E-state index is -0.621. The normalized spacial score (nSPS) is 25.0. The Hall–Kier alpha value is -2.24. The number of pyridine rings is 1. The molecule has 0 spiro atoms. The molecule has 0 unspecified atom stereocenters. The zero-order valence-electron chi connectivity index (χ0n) is 17.7. The lowest BCUT2D eigenvalue weighted by molar-refractivity contribution is 0.00706. The number of aromatic nitrogens is 5. The second-order valence-corrected chi connectivity index (χ2v) is 8.47. The maximum Gasteiger partial charge on any atom is 0.296 e. The highest BCUT2D eigenvalue weighted by molar-refractivity contribution is 6.31. The van der Waals surface area contributed by atoms with Gasteiger partial charge in [-0.15, -0.1) is 0 Å². The number of rotatable bonds is 9. The molecule has 0 radical (unpaired) electrons. The molecular formula is C21H26ClN5O5. The summed E-state index contributed by atoms with van der Waals surface area (Å²) in [5.74, 6) is 0. The van der Waals surface area contributed by atoms with Gasteiger partial charge in [-0.1, -0.05) is 11.6 Å². The Morgan fingerprint density at radius 2 is 2.12 bits per heavy atom. The Bertz CT molecular complexity index is 1070. The van der Waals surface area contributed by atoms with Gasteiger partial charge in [-0.3, -0.25) is 4.68 Å². The number of aromatic amines is 1. The number of fused-ring (bicyclic) bond motifs is 2. The lowest BCUT2D eigenvalue weighted by atomic mass is 10.1. The molecule has 0 saturated carbocycles. The average molecular weight is 464 g/mol. The summed E-state index contributed by atoms with van der Waals surface area (Å²) in [5.41, 5.74) is 2.98. The van der Waals surface area contributed by atoms with Gasteiger partial charge in [0, 0.05) is 26.5 Å². The monoisotopic (exact) mass is 463 g/mol. The first kappa shape index (κ1) is 21.6. The second kappa shape index (κ2) is 9.32. The quantitative estimate of drug-likeness (QED) is 0.459. The maximum atomic E-state index is 9.88. The predicted octanol–water partition coefficient (Wildman–Crippen LogP) is 1.54. The molecule has 3 aromatic heterocycles. The summed E-state index contributed by atoms with van der Waals surface area (Å²) in [6.45, 7) is 2.13. The number of hydrogen-bond acceptors (Lipinski definition) is 8. The van der Waals surface area contributed by atoms with Crippen LogP contribution in [0.1, 0.15) is 17.8 Å². The number of aryl methyl sites for hydroxylation is 3. The number of ether oxygens (including phenoxy) is 4. The molecule has 5 heterocycles. The van der Waals surface area contributed by atoms with E-state index in [1.807, 2.05) is 23.0 Å². The summed E-state index contributed by atoms with van der Waals surface area (Å²) in [4.78, 5) is 12.2. The Kier molecular flexibility index (Phi) is 6.29. The van der Waals surface area contributed by atoms with Crippen LogP contribution in [0.2, 0.25) is 5.02 Å². The van der Waals surface area contributed by atoms with E-state index in [0.29, 0.717) is 41.8 Å². The van der Waals surface area contributed by atoms with Crippen molar-refractivity contribution >= 4 is 22.8 Å². The minimum Gasteiger partial charge on any atom is -0.456 e. The summed E-state index contributed by atoms with van der Waals surface area (Å²) < 4.78 is 24.1. The van der Waals surface area contributed by atoms with Gasteiger partial charge in [-0.05, 0) is 31.4 Å². The molecule has 172 valence electrons. The molecule has 0 bridgehead atoms. The third kappa shape index (κ3) is 4.46. The highest BCUT2D eigenvalue weighted by Crippen LogP contribution is 2.30. The van der Waals surface area contributed by atoms with E-state index in [0.717, 1.165) is 30.8 Å². The van der Waals surface area contributed by atoms with E-state index in [9.17, 15) is 5.11 Å². The lowest BCUT2D eigenvalue weighted by Crippen LogP contribution is -2.34. The Balaban J connectivity index is 1.23. The first-order valence-electron chi connectivity index (χ1n) is 10.7. The topological polar surface area (TPSA) is 117 Å². The lowest BCUT2D eigenvalue weighted by Gasteiger charge is -2.15. The van der Waals surface area contributed by atoms with E-state index >= 15 is 0 Å². The van der Waals surface area contributed by atoms with Gasteiger partial charge < -0.3 is 29.0 Å². The van der Waals surface area contributed by atoms with Crippen LogP contribution in [0.15, 0.2) is 18.3 Å². The fourth-order valence-electron chi connectivity index (χ4n) is 4.13. The van der Waals surface area contributed by atoms with Gasteiger partial charge in [-0.2, -0.15) is 10.1 Å². The summed E-state index contributed by atoms with van der Waals surface area (Å²) >= 11 is 6.47. The molecule has 2 aliphatic heterocycles. The van der Waals surface area contributed by atoms with Crippen molar-refractivity contribution in [2.75, 3.05) is 26.9 Å².